The molecule has 2 aromatic rings. The Morgan fingerprint density at radius 2 is 2.05 bits per heavy atom. The Morgan fingerprint density at radius 1 is 1.29 bits per heavy atom. The molecule has 2 N–H and O–H groups in total. The zero-order chi connectivity index (χ0) is 15.5. The minimum absolute atomic E-state index is 0.0945. The zero-order valence-corrected chi connectivity index (χ0v) is 14.3. The zero-order valence-electron chi connectivity index (χ0n) is 11.1. The van der Waals surface area contributed by atoms with E-state index in [1.54, 1.807) is 25.2 Å². The number of anilines is 1. The maximum atomic E-state index is 12.3. The van der Waals surface area contributed by atoms with E-state index in [2.05, 4.69) is 31.0 Å². The van der Waals surface area contributed by atoms with Crippen molar-refractivity contribution >= 4 is 43.4 Å². The van der Waals surface area contributed by atoms with E-state index in [1.165, 1.54) is 18.3 Å². The van der Waals surface area contributed by atoms with Crippen LogP contribution in [-0.4, -0.2) is 20.4 Å². The number of sulfonamides is 1. The highest BCUT2D eigenvalue weighted by atomic mass is 79.9. The molecule has 0 aliphatic heterocycles. The van der Waals surface area contributed by atoms with Gasteiger partial charge < -0.3 is 5.32 Å². The van der Waals surface area contributed by atoms with Gasteiger partial charge in [0.2, 0.25) is 0 Å². The maximum Gasteiger partial charge on any atom is 0.263 e. The lowest BCUT2D eigenvalue weighted by molar-refractivity contribution is 0.601. The predicted molar refractivity (Wildman–Crippen MR) is 87.0 cm³/mol. The first-order valence-corrected chi connectivity index (χ1v) is 8.65. The average molecular weight is 391 g/mol. The summed E-state index contributed by atoms with van der Waals surface area (Å²) in [6.45, 7) is 0.570. The van der Waals surface area contributed by atoms with Crippen molar-refractivity contribution in [3.8, 4) is 0 Å². The molecule has 1 aromatic heterocycles. The van der Waals surface area contributed by atoms with Crippen molar-refractivity contribution in [3.05, 3.63) is 51.6 Å². The van der Waals surface area contributed by atoms with Crippen LogP contribution < -0.4 is 10.0 Å². The Kier molecular flexibility index (Phi) is 5.21. The second-order valence-corrected chi connectivity index (χ2v) is 7.26. The number of hydrogen-bond acceptors (Lipinski definition) is 4. The predicted octanol–water partition coefficient (Wildman–Crippen LogP) is 3.02. The van der Waals surface area contributed by atoms with Gasteiger partial charge in [0.25, 0.3) is 10.0 Å². The fraction of sp³-hybridized carbons (Fsp3) is 0.154. The number of benzene rings is 1. The van der Waals surface area contributed by atoms with Crippen molar-refractivity contribution in [1.29, 1.82) is 0 Å². The van der Waals surface area contributed by atoms with Crippen LogP contribution in [0.4, 0.5) is 5.82 Å². The minimum atomic E-state index is -3.71. The summed E-state index contributed by atoms with van der Waals surface area (Å²) >= 11 is 9.32. The maximum absolute atomic E-state index is 12.3. The minimum Gasteiger partial charge on any atom is -0.316 e. The molecule has 0 amide bonds. The molecule has 0 radical (unpaired) electrons. The van der Waals surface area contributed by atoms with E-state index in [0.29, 0.717) is 11.6 Å². The standard InChI is InChI=1S/C13H13BrClN3O2S/c1-16-7-9-2-4-11(6-12(9)15)21(19,20)18-13-5-3-10(14)8-17-13/h2-6,8,16H,7H2,1H3,(H,17,18). The molecule has 0 aliphatic rings. The SMILES string of the molecule is CNCc1ccc(S(=O)(=O)Nc2ccc(Br)cn2)cc1Cl. The van der Waals surface area contributed by atoms with Gasteiger partial charge >= 0.3 is 0 Å². The van der Waals surface area contributed by atoms with E-state index in [-0.39, 0.29) is 10.7 Å². The van der Waals surface area contributed by atoms with E-state index in [1.807, 2.05) is 0 Å². The van der Waals surface area contributed by atoms with Gasteiger partial charge in [0, 0.05) is 22.2 Å². The number of nitrogens with zero attached hydrogens (tertiary/aromatic N) is 1. The van der Waals surface area contributed by atoms with Gasteiger partial charge in [0.15, 0.2) is 0 Å². The molecule has 0 spiro atoms. The van der Waals surface area contributed by atoms with Crippen molar-refractivity contribution in [2.24, 2.45) is 0 Å². The lowest BCUT2D eigenvalue weighted by atomic mass is 10.2. The number of rotatable bonds is 5. The molecule has 0 aliphatic carbocycles. The monoisotopic (exact) mass is 389 g/mol. The average Bonchev–Trinajstić information content (AvgIpc) is 2.43. The fourth-order valence-corrected chi connectivity index (χ4v) is 3.24. The van der Waals surface area contributed by atoms with Crippen LogP contribution >= 0.6 is 27.5 Å². The van der Waals surface area contributed by atoms with E-state index in [0.717, 1.165) is 10.0 Å². The van der Waals surface area contributed by atoms with Crippen LogP contribution in [0.5, 0.6) is 0 Å². The van der Waals surface area contributed by atoms with E-state index in [4.69, 9.17) is 11.6 Å². The summed E-state index contributed by atoms with van der Waals surface area (Å²) in [7, 11) is -1.92. The summed E-state index contributed by atoms with van der Waals surface area (Å²) in [5.41, 5.74) is 0.833. The van der Waals surface area contributed by atoms with Crippen molar-refractivity contribution in [2.45, 2.75) is 11.4 Å². The molecular formula is C13H13BrClN3O2S. The fourth-order valence-electron chi connectivity index (χ4n) is 1.66. The Bertz CT molecular complexity index is 736. The lowest BCUT2D eigenvalue weighted by Crippen LogP contribution is -2.14. The van der Waals surface area contributed by atoms with Crippen LogP contribution in [0.25, 0.3) is 0 Å². The number of halogens is 2. The molecule has 0 atom stereocenters. The Labute approximate surface area is 136 Å². The summed E-state index contributed by atoms with van der Waals surface area (Å²) in [5, 5.41) is 3.36. The first-order valence-electron chi connectivity index (χ1n) is 6.00. The molecular weight excluding hydrogens is 378 g/mol. The summed E-state index contributed by atoms with van der Waals surface area (Å²) in [6.07, 6.45) is 1.51. The van der Waals surface area contributed by atoms with Crippen molar-refractivity contribution in [1.82, 2.24) is 10.3 Å². The Hall–Kier alpha value is -1.15. The first kappa shape index (κ1) is 16.2. The van der Waals surface area contributed by atoms with E-state index >= 15 is 0 Å². The van der Waals surface area contributed by atoms with Crippen LogP contribution in [0.2, 0.25) is 5.02 Å². The molecule has 112 valence electrons. The van der Waals surface area contributed by atoms with Crippen LogP contribution in [0, 0.1) is 0 Å². The second kappa shape index (κ2) is 6.74. The van der Waals surface area contributed by atoms with Crippen molar-refractivity contribution in [2.75, 3.05) is 11.8 Å². The van der Waals surface area contributed by atoms with Crippen LogP contribution in [0.15, 0.2) is 45.9 Å². The number of aromatic nitrogens is 1. The van der Waals surface area contributed by atoms with Gasteiger partial charge in [-0.2, -0.15) is 0 Å². The molecule has 0 bridgehead atoms. The highest BCUT2D eigenvalue weighted by molar-refractivity contribution is 9.10. The Morgan fingerprint density at radius 3 is 2.62 bits per heavy atom. The molecule has 1 aromatic carbocycles. The van der Waals surface area contributed by atoms with Crippen molar-refractivity contribution < 1.29 is 8.42 Å². The summed E-state index contributed by atoms with van der Waals surface area (Å²) < 4.78 is 27.7. The topological polar surface area (TPSA) is 71.1 Å². The second-order valence-electron chi connectivity index (χ2n) is 4.25. The summed E-state index contributed by atoms with van der Waals surface area (Å²) in [5.74, 6) is 0.244. The van der Waals surface area contributed by atoms with Crippen molar-refractivity contribution in [3.63, 3.8) is 0 Å². The first-order chi connectivity index (χ1) is 9.92. The molecule has 2 rings (SSSR count). The largest absolute Gasteiger partial charge is 0.316 e. The molecule has 21 heavy (non-hydrogen) atoms. The van der Waals surface area contributed by atoms with Crippen LogP contribution in [-0.2, 0) is 16.6 Å². The highest BCUT2D eigenvalue weighted by Crippen LogP contribution is 2.22. The van der Waals surface area contributed by atoms with E-state index in [9.17, 15) is 8.42 Å². The third-order valence-electron chi connectivity index (χ3n) is 2.67. The van der Waals surface area contributed by atoms with Gasteiger partial charge in [-0.15, -0.1) is 0 Å². The van der Waals surface area contributed by atoms with Gasteiger partial charge in [0.05, 0.1) is 4.90 Å². The smallest absolute Gasteiger partial charge is 0.263 e. The molecule has 0 saturated carbocycles. The number of pyridine rings is 1. The number of hydrogen-bond donors (Lipinski definition) is 2. The lowest BCUT2D eigenvalue weighted by Gasteiger charge is -2.09. The number of nitrogens with one attached hydrogen (secondary N) is 2. The van der Waals surface area contributed by atoms with Gasteiger partial charge in [-0.05, 0) is 52.8 Å². The molecule has 8 heteroatoms. The van der Waals surface area contributed by atoms with Crippen LogP contribution in [0.1, 0.15) is 5.56 Å². The third kappa shape index (κ3) is 4.16. The third-order valence-corrected chi connectivity index (χ3v) is 4.84. The van der Waals surface area contributed by atoms with Gasteiger partial charge in [-0.3, -0.25) is 4.72 Å². The highest BCUT2D eigenvalue weighted by Gasteiger charge is 2.16. The van der Waals surface area contributed by atoms with E-state index < -0.39 is 10.0 Å². The van der Waals surface area contributed by atoms with Crippen LogP contribution in [0.3, 0.4) is 0 Å². The summed E-state index contributed by atoms with van der Waals surface area (Å²) in [6, 6.07) is 7.89. The normalized spacial score (nSPS) is 11.4. The molecule has 0 saturated heterocycles. The summed E-state index contributed by atoms with van der Waals surface area (Å²) in [4.78, 5) is 4.07. The quantitative estimate of drug-likeness (QED) is 0.823. The molecule has 1 heterocycles. The van der Waals surface area contributed by atoms with Gasteiger partial charge in [-0.1, -0.05) is 17.7 Å². The molecule has 5 nitrogen and oxygen atoms in total. The molecule has 0 unspecified atom stereocenters. The van der Waals surface area contributed by atoms with Gasteiger partial charge in [0.1, 0.15) is 5.82 Å². The Balaban J connectivity index is 2.27. The molecule has 0 fully saturated rings. The van der Waals surface area contributed by atoms with Gasteiger partial charge in [-0.25, -0.2) is 13.4 Å².